The highest BCUT2D eigenvalue weighted by molar-refractivity contribution is 9.10. The fourth-order valence-corrected chi connectivity index (χ4v) is 0.824. The highest BCUT2D eigenvalue weighted by Gasteiger charge is 2.18. The molecule has 0 aliphatic heterocycles. The van der Waals surface area contributed by atoms with Crippen molar-refractivity contribution < 1.29 is 9.90 Å². The second-order valence-corrected chi connectivity index (χ2v) is 3.11. The predicted molar refractivity (Wildman–Crippen MR) is 39.8 cm³/mol. The third-order valence-electron chi connectivity index (χ3n) is 1.38. The molecular formula is C6H11BrO2. The Kier molecular flexibility index (Phi) is 3.86. The van der Waals surface area contributed by atoms with Gasteiger partial charge in [-0.3, -0.25) is 4.79 Å². The quantitative estimate of drug-likeness (QED) is 0.698. The van der Waals surface area contributed by atoms with Crippen molar-refractivity contribution in [1.82, 2.24) is 0 Å². The maximum atomic E-state index is 10.3. The Morgan fingerprint density at radius 2 is 2.22 bits per heavy atom. The Morgan fingerprint density at radius 3 is 2.33 bits per heavy atom. The lowest BCUT2D eigenvalue weighted by atomic mass is 10.1. The van der Waals surface area contributed by atoms with E-state index < -0.39 is 5.97 Å². The van der Waals surface area contributed by atoms with Crippen LogP contribution in [0.5, 0.6) is 0 Å². The van der Waals surface area contributed by atoms with Gasteiger partial charge in [-0.2, -0.15) is 0 Å². The van der Waals surface area contributed by atoms with Crippen LogP contribution in [0.4, 0.5) is 0 Å². The molecule has 0 aromatic heterocycles. The van der Waals surface area contributed by atoms with Crippen molar-refractivity contribution in [2.75, 3.05) is 0 Å². The van der Waals surface area contributed by atoms with Gasteiger partial charge in [0.05, 0.1) is 0 Å². The Hall–Kier alpha value is -0.0500. The molecule has 0 radical (unpaired) electrons. The average molecular weight is 195 g/mol. The van der Waals surface area contributed by atoms with Crippen LogP contribution in [0.25, 0.3) is 0 Å². The van der Waals surface area contributed by atoms with Gasteiger partial charge in [-0.05, 0) is 5.92 Å². The number of halogens is 1. The second-order valence-electron chi connectivity index (χ2n) is 2.13. The summed E-state index contributed by atoms with van der Waals surface area (Å²) in [6.07, 6.45) is 0.891. The Bertz CT molecular complexity index is 103. The zero-order chi connectivity index (χ0) is 7.44. The van der Waals surface area contributed by atoms with Crippen molar-refractivity contribution >= 4 is 21.9 Å². The van der Waals surface area contributed by atoms with Crippen molar-refractivity contribution in [2.24, 2.45) is 5.92 Å². The normalized spacial score (nSPS) is 16.8. The summed E-state index contributed by atoms with van der Waals surface area (Å²) in [5.41, 5.74) is 0. The number of hydrogen-bond donors (Lipinski definition) is 1. The Morgan fingerprint density at radius 1 is 1.78 bits per heavy atom. The van der Waals surface area contributed by atoms with E-state index in [0.29, 0.717) is 0 Å². The number of carboxylic acid groups (broad SMARTS) is 1. The van der Waals surface area contributed by atoms with E-state index in [4.69, 9.17) is 5.11 Å². The average Bonchev–Trinajstić information content (AvgIpc) is 1.84. The van der Waals surface area contributed by atoms with Crippen molar-refractivity contribution in [3.8, 4) is 0 Å². The summed E-state index contributed by atoms with van der Waals surface area (Å²) >= 11 is 3.07. The van der Waals surface area contributed by atoms with Crippen LogP contribution >= 0.6 is 15.9 Å². The van der Waals surface area contributed by atoms with Crippen LogP contribution in [0.15, 0.2) is 0 Å². The lowest BCUT2D eigenvalue weighted by Crippen LogP contribution is -2.20. The van der Waals surface area contributed by atoms with Crippen molar-refractivity contribution in [1.29, 1.82) is 0 Å². The largest absolute Gasteiger partial charge is 0.480 e. The molecule has 0 saturated carbocycles. The summed E-state index contributed by atoms with van der Waals surface area (Å²) in [5.74, 6) is -0.563. The van der Waals surface area contributed by atoms with Crippen molar-refractivity contribution in [3.05, 3.63) is 0 Å². The van der Waals surface area contributed by atoms with Gasteiger partial charge in [-0.1, -0.05) is 36.2 Å². The first-order chi connectivity index (χ1) is 4.09. The maximum absolute atomic E-state index is 10.3. The van der Waals surface area contributed by atoms with Gasteiger partial charge in [0.25, 0.3) is 0 Å². The van der Waals surface area contributed by atoms with E-state index in [1.807, 2.05) is 13.8 Å². The highest BCUT2D eigenvalue weighted by atomic mass is 79.9. The van der Waals surface area contributed by atoms with Gasteiger partial charge < -0.3 is 5.11 Å². The molecule has 0 aliphatic rings. The van der Waals surface area contributed by atoms with Crippen LogP contribution in [-0.4, -0.2) is 15.9 Å². The molecule has 1 N–H and O–H groups in total. The van der Waals surface area contributed by atoms with E-state index in [-0.39, 0.29) is 10.7 Å². The molecule has 0 aromatic carbocycles. The van der Waals surface area contributed by atoms with Gasteiger partial charge >= 0.3 is 5.97 Å². The molecule has 0 aliphatic carbocycles. The summed E-state index contributed by atoms with van der Waals surface area (Å²) in [6.45, 7) is 3.88. The van der Waals surface area contributed by atoms with Gasteiger partial charge in [0.1, 0.15) is 4.83 Å². The highest BCUT2D eigenvalue weighted by Crippen LogP contribution is 2.15. The molecule has 0 bridgehead atoms. The van der Waals surface area contributed by atoms with Gasteiger partial charge in [0.15, 0.2) is 0 Å². The molecule has 3 heteroatoms. The minimum absolute atomic E-state index is 0.211. The molecule has 2 nitrogen and oxygen atoms in total. The van der Waals surface area contributed by atoms with E-state index >= 15 is 0 Å². The van der Waals surface area contributed by atoms with E-state index in [2.05, 4.69) is 15.9 Å². The van der Waals surface area contributed by atoms with Crippen LogP contribution in [0.2, 0.25) is 0 Å². The number of carboxylic acids is 1. The molecule has 2 atom stereocenters. The summed E-state index contributed by atoms with van der Waals surface area (Å²) in [4.78, 5) is 9.87. The SMILES string of the molecule is CC[C@H](C)[C@H](Br)C(=O)O. The number of aliphatic carboxylic acids is 1. The third-order valence-corrected chi connectivity index (χ3v) is 2.67. The molecule has 0 saturated heterocycles. The molecule has 0 aromatic rings. The monoisotopic (exact) mass is 194 g/mol. The van der Waals surface area contributed by atoms with E-state index in [9.17, 15) is 4.79 Å². The number of alkyl halides is 1. The number of hydrogen-bond acceptors (Lipinski definition) is 1. The van der Waals surface area contributed by atoms with Crippen LogP contribution in [0, 0.1) is 5.92 Å². The molecule has 0 rings (SSSR count). The maximum Gasteiger partial charge on any atom is 0.317 e. The molecular weight excluding hydrogens is 184 g/mol. The zero-order valence-corrected chi connectivity index (χ0v) is 7.18. The summed E-state index contributed by atoms with van der Waals surface area (Å²) < 4.78 is 0. The first-order valence-corrected chi connectivity index (χ1v) is 3.88. The lowest BCUT2D eigenvalue weighted by Gasteiger charge is -2.10. The Balaban J connectivity index is 3.72. The minimum Gasteiger partial charge on any atom is -0.480 e. The smallest absolute Gasteiger partial charge is 0.317 e. The molecule has 0 spiro atoms. The van der Waals surface area contributed by atoms with Crippen LogP contribution in [0.1, 0.15) is 20.3 Å². The van der Waals surface area contributed by atoms with Crippen molar-refractivity contribution in [3.63, 3.8) is 0 Å². The fourth-order valence-electron chi connectivity index (χ4n) is 0.450. The summed E-state index contributed by atoms with van der Waals surface area (Å²) in [5, 5.41) is 8.44. The van der Waals surface area contributed by atoms with E-state index in [1.54, 1.807) is 0 Å². The van der Waals surface area contributed by atoms with Crippen LogP contribution in [0.3, 0.4) is 0 Å². The third kappa shape index (κ3) is 2.84. The van der Waals surface area contributed by atoms with E-state index in [0.717, 1.165) is 6.42 Å². The molecule has 0 amide bonds. The van der Waals surface area contributed by atoms with Crippen LogP contribution < -0.4 is 0 Å². The minimum atomic E-state index is -0.774. The standard InChI is InChI=1S/C6H11BrO2/c1-3-4(2)5(7)6(8)9/h4-5H,3H2,1-2H3,(H,8,9)/t4-,5-/m0/s1. The summed E-state index contributed by atoms with van der Waals surface area (Å²) in [6, 6.07) is 0. The zero-order valence-electron chi connectivity index (χ0n) is 5.60. The molecule has 9 heavy (non-hydrogen) atoms. The molecule has 54 valence electrons. The van der Waals surface area contributed by atoms with Gasteiger partial charge in [-0.25, -0.2) is 0 Å². The van der Waals surface area contributed by atoms with Gasteiger partial charge in [-0.15, -0.1) is 0 Å². The summed E-state index contributed by atoms with van der Waals surface area (Å²) in [7, 11) is 0. The second kappa shape index (κ2) is 3.88. The number of rotatable bonds is 3. The first kappa shape index (κ1) is 8.95. The predicted octanol–water partition coefficient (Wildman–Crippen LogP) is 1.88. The molecule has 0 heterocycles. The fraction of sp³-hybridized carbons (Fsp3) is 0.833. The number of carbonyl (C=O) groups is 1. The van der Waals surface area contributed by atoms with Crippen LogP contribution in [-0.2, 0) is 4.79 Å². The molecule has 0 fully saturated rings. The van der Waals surface area contributed by atoms with Crippen molar-refractivity contribution in [2.45, 2.75) is 25.1 Å². The molecule has 0 unspecified atom stereocenters. The Labute approximate surface area is 63.4 Å². The van der Waals surface area contributed by atoms with E-state index in [1.165, 1.54) is 0 Å². The lowest BCUT2D eigenvalue weighted by molar-refractivity contribution is -0.137. The topological polar surface area (TPSA) is 37.3 Å². The van der Waals surface area contributed by atoms with Gasteiger partial charge in [0.2, 0.25) is 0 Å². The van der Waals surface area contributed by atoms with Gasteiger partial charge in [0, 0.05) is 0 Å². The first-order valence-electron chi connectivity index (χ1n) is 2.96.